The molecule has 0 radical (unpaired) electrons. The lowest BCUT2D eigenvalue weighted by Crippen LogP contribution is -2.40. The van der Waals surface area contributed by atoms with Crippen molar-refractivity contribution in [2.24, 2.45) is 0 Å². The van der Waals surface area contributed by atoms with Crippen LogP contribution in [0.5, 0.6) is 0 Å². The number of aromatic nitrogens is 1. The maximum absolute atomic E-state index is 12.0. The minimum Gasteiger partial charge on any atom is -0.345 e. The van der Waals surface area contributed by atoms with E-state index in [4.69, 9.17) is 0 Å². The molecule has 0 unspecified atom stereocenters. The van der Waals surface area contributed by atoms with Crippen molar-refractivity contribution < 1.29 is 9.59 Å². The number of fused-ring (bicyclic) bond motifs is 1. The second-order valence-corrected chi connectivity index (χ2v) is 6.33. The first-order valence-corrected chi connectivity index (χ1v) is 8.44. The molecule has 0 saturated carbocycles. The highest BCUT2D eigenvalue weighted by Gasteiger charge is 2.16. The van der Waals surface area contributed by atoms with Crippen LogP contribution >= 0.6 is 11.3 Å². The van der Waals surface area contributed by atoms with E-state index in [1.165, 1.54) is 18.3 Å². The fourth-order valence-corrected chi connectivity index (χ4v) is 3.20. The van der Waals surface area contributed by atoms with Crippen LogP contribution in [0.15, 0.2) is 47.8 Å². The third-order valence-electron chi connectivity index (χ3n) is 3.61. The molecule has 2 N–H and O–H groups in total. The van der Waals surface area contributed by atoms with Gasteiger partial charge >= 0.3 is 0 Å². The van der Waals surface area contributed by atoms with E-state index in [1.54, 1.807) is 6.92 Å². The Kier molecular flexibility index (Phi) is 4.57. The van der Waals surface area contributed by atoms with E-state index in [0.717, 1.165) is 22.0 Å². The molecule has 2 amide bonds. The zero-order valence-corrected chi connectivity index (χ0v) is 14.2. The van der Waals surface area contributed by atoms with Crippen molar-refractivity contribution in [3.63, 3.8) is 0 Å². The molecule has 0 fully saturated rings. The third-order valence-corrected chi connectivity index (χ3v) is 4.37. The molecule has 0 aliphatic carbocycles. The van der Waals surface area contributed by atoms with Gasteiger partial charge in [0.25, 0.3) is 0 Å². The number of nitrogens with one attached hydrogen (secondary N) is 2. The lowest BCUT2D eigenvalue weighted by Gasteiger charge is -2.10. The van der Waals surface area contributed by atoms with Gasteiger partial charge in [-0.05, 0) is 17.7 Å². The van der Waals surface area contributed by atoms with E-state index in [-0.39, 0.29) is 11.8 Å². The summed E-state index contributed by atoms with van der Waals surface area (Å²) < 4.78 is 0. The largest absolute Gasteiger partial charge is 0.345 e. The molecule has 3 rings (SSSR count). The quantitative estimate of drug-likeness (QED) is 0.765. The van der Waals surface area contributed by atoms with Crippen LogP contribution in [0.25, 0.3) is 22.0 Å². The van der Waals surface area contributed by atoms with Crippen molar-refractivity contribution in [1.29, 1.82) is 0 Å². The van der Waals surface area contributed by atoms with Crippen LogP contribution in [0.4, 0.5) is 5.13 Å². The monoisotopic (exact) mass is 339 g/mol. The van der Waals surface area contributed by atoms with Gasteiger partial charge in [-0.15, -0.1) is 11.3 Å². The van der Waals surface area contributed by atoms with Crippen LogP contribution < -0.4 is 10.6 Å². The Hall–Kier alpha value is -2.73. The molecule has 2 aromatic carbocycles. The lowest BCUT2D eigenvalue weighted by molar-refractivity contribution is -0.124. The number of thiazole rings is 1. The van der Waals surface area contributed by atoms with Gasteiger partial charge in [-0.2, -0.15) is 0 Å². The van der Waals surface area contributed by atoms with Gasteiger partial charge in [0.2, 0.25) is 11.8 Å². The highest BCUT2D eigenvalue weighted by atomic mass is 32.1. The van der Waals surface area contributed by atoms with Gasteiger partial charge in [0.05, 0.1) is 5.69 Å². The Bertz CT molecular complexity index is 899. The fraction of sp³-hybridized carbons (Fsp3) is 0.167. The summed E-state index contributed by atoms with van der Waals surface area (Å²) in [6.07, 6.45) is 0. The SMILES string of the molecule is CC(=O)N[C@H](C)C(=O)Nc1nc(-c2cccc3ccccc23)cs1. The minimum atomic E-state index is -0.604. The van der Waals surface area contributed by atoms with Crippen LogP contribution in [0.3, 0.4) is 0 Å². The molecule has 0 saturated heterocycles. The molecule has 5 nitrogen and oxygen atoms in total. The summed E-state index contributed by atoms with van der Waals surface area (Å²) in [7, 11) is 0. The van der Waals surface area contributed by atoms with E-state index in [0.29, 0.717) is 5.13 Å². The summed E-state index contributed by atoms with van der Waals surface area (Å²) in [5, 5.41) is 9.99. The summed E-state index contributed by atoms with van der Waals surface area (Å²) in [4.78, 5) is 27.6. The summed E-state index contributed by atoms with van der Waals surface area (Å²) in [6, 6.07) is 13.6. The van der Waals surface area contributed by atoms with Crippen molar-refractivity contribution in [2.75, 3.05) is 5.32 Å². The molecule has 1 atom stereocenters. The molecule has 24 heavy (non-hydrogen) atoms. The molecule has 122 valence electrons. The molecule has 0 aliphatic heterocycles. The zero-order chi connectivity index (χ0) is 17.1. The Labute approximate surface area is 143 Å². The number of rotatable bonds is 4. The van der Waals surface area contributed by atoms with Gasteiger partial charge < -0.3 is 10.6 Å². The van der Waals surface area contributed by atoms with Crippen molar-refractivity contribution in [1.82, 2.24) is 10.3 Å². The van der Waals surface area contributed by atoms with Crippen LogP contribution in [-0.4, -0.2) is 22.8 Å². The Morgan fingerprint density at radius 1 is 1.12 bits per heavy atom. The number of anilines is 1. The van der Waals surface area contributed by atoms with Gasteiger partial charge in [0.1, 0.15) is 6.04 Å². The van der Waals surface area contributed by atoms with Crippen molar-refractivity contribution in [2.45, 2.75) is 19.9 Å². The first-order valence-electron chi connectivity index (χ1n) is 7.56. The van der Waals surface area contributed by atoms with E-state index in [1.807, 2.05) is 29.6 Å². The van der Waals surface area contributed by atoms with Gasteiger partial charge in [-0.25, -0.2) is 4.98 Å². The Morgan fingerprint density at radius 2 is 1.88 bits per heavy atom. The zero-order valence-electron chi connectivity index (χ0n) is 13.4. The number of amides is 2. The molecule has 1 heterocycles. The smallest absolute Gasteiger partial charge is 0.248 e. The molecular weight excluding hydrogens is 322 g/mol. The van der Waals surface area contributed by atoms with Crippen molar-refractivity contribution >= 4 is 39.1 Å². The highest BCUT2D eigenvalue weighted by molar-refractivity contribution is 7.14. The first kappa shape index (κ1) is 16.1. The average molecular weight is 339 g/mol. The third kappa shape index (κ3) is 3.44. The Balaban J connectivity index is 1.83. The van der Waals surface area contributed by atoms with E-state index in [9.17, 15) is 9.59 Å². The van der Waals surface area contributed by atoms with Crippen molar-refractivity contribution in [3.05, 3.63) is 47.8 Å². The van der Waals surface area contributed by atoms with Gasteiger partial charge in [0, 0.05) is 17.9 Å². The topological polar surface area (TPSA) is 71.1 Å². The van der Waals surface area contributed by atoms with Crippen LogP contribution in [0, 0.1) is 0 Å². The van der Waals surface area contributed by atoms with E-state index in [2.05, 4.69) is 33.8 Å². The molecular formula is C18H17N3O2S. The van der Waals surface area contributed by atoms with Gasteiger partial charge in [-0.3, -0.25) is 9.59 Å². The normalized spacial score (nSPS) is 11.9. The van der Waals surface area contributed by atoms with E-state index >= 15 is 0 Å². The lowest BCUT2D eigenvalue weighted by atomic mass is 10.0. The molecule has 0 aliphatic rings. The fourth-order valence-electron chi connectivity index (χ4n) is 2.49. The number of hydrogen-bond donors (Lipinski definition) is 2. The number of nitrogens with zero attached hydrogens (tertiary/aromatic N) is 1. The number of benzene rings is 2. The highest BCUT2D eigenvalue weighted by Crippen LogP contribution is 2.30. The van der Waals surface area contributed by atoms with Crippen LogP contribution in [0.2, 0.25) is 0 Å². The summed E-state index contributed by atoms with van der Waals surface area (Å²) in [5.41, 5.74) is 1.85. The number of carbonyl (C=O) groups excluding carboxylic acids is 2. The average Bonchev–Trinajstić information content (AvgIpc) is 3.02. The minimum absolute atomic E-state index is 0.242. The second-order valence-electron chi connectivity index (χ2n) is 5.48. The summed E-state index contributed by atoms with van der Waals surface area (Å²) >= 11 is 1.36. The van der Waals surface area contributed by atoms with Gasteiger partial charge in [0.15, 0.2) is 5.13 Å². The van der Waals surface area contributed by atoms with Gasteiger partial charge in [-0.1, -0.05) is 42.5 Å². The van der Waals surface area contributed by atoms with Crippen LogP contribution in [0.1, 0.15) is 13.8 Å². The maximum Gasteiger partial charge on any atom is 0.248 e. The number of carbonyl (C=O) groups is 2. The molecule has 6 heteroatoms. The predicted molar refractivity (Wildman–Crippen MR) is 97.0 cm³/mol. The maximum atomic E-state index is 12.0. The first-order chi connectivity index (χ1) is 11.5. The molecule has 0 spiro atoms. The van der Waals surface area contributed by atoms with Crippen molar-refractivity contribution in [3.8, 4) is 11.3 Å². The summed E-state index contributed by atoms with van der Waals surface area (Å²) in [5.74, 6) is -0.530. The molecule has 1 aromatic heterocycles. The predicted octanol–water partition coefficient (Wildman–Crippen LogP) is 3.43. The van der Waals surface area contributed by atoms with Crippen LogP contribution in [-0.2, 0) is 9.59 Å². The summed E-state index contributed by atoms with van der Waals surface area (Å²) in [6.45, 7) is 3.02. The standard InChI is InChI=1S/C18H17N3O2S/c1-11(19-12(2)22)17(23)21-18-20-16(10-24-18)15-9-5-7-13-6-3-4-8-14(13)15/h3-11H,1-2H3,(H,19,22)(H,20,21,23)/t11-/m1/s1. The second kappa shape index (κ2) is 6.80. The number of hydrogen-bond acceptors (Lipinski definition) is 4. The molecule has 0 bridgehead atoms. The van der Waals surface area contributed by atoms with E-state index < -0.39 is 6.04 Å². The Morgan fingerprint density at radius 3 is 2.67 bits per heavy atom. The molecule has 3 aromatic rings.